The van der Waals surface area contributed by atoms with Gasteiger partial charge >= 0.3 is 18.3 Å². The average Bonchev–Trinajstić information content (AvgIpc) is 3.01. The molecule has 0 aliphatic carbocycles. The number of carbonyl (C=O) groups is 1. The maximum absolute atomic E-state index is 12.8. The van der Waals surface area contributed by atoms with E-state index < -0.39 is 60.9 Å². The average molecular weight is 700 g/mol. The molecule has 0 aromatic heterocycles. The molecule has 0 N–H and O–H groups in total. The molecule has 15 nitrogen and oxygen atoms in total. The fraction of sp³-hybridized carbons (Fsp3) is 0.516. The number of anilines is 1. The standard InChI is InChI=1S/C18H24N2O6.C13H16F3N3O4/c1-3-5-6-7-12-15(18(19(22)23)20(24)25)14-11-8-9-13-16(14)26-17(21)10-4-2;1-3-5-17(6-4-2)12-10(18(20)21)7-9(13(14,15)16)8-11(12)19(22)23/h4,8-11,13,15,18H,3,5-7,12H2,1-2H3;7-8H,3-6H2,1-2H3/b10-4+;. The highest BCUT2D eigenvalue weighted by Crippen LogP contribution is 2.43. The summed E-state index contributed by atoms with van der Waals surface area (Å²) in [6.45, 7) is 7.75. The zero-order valence-corrected chi connectivity index (χ0v) is 27.6. The number of allylic oxidation sites excluding steroid dienone is 1. The smallest absolute Gasteiger partial charge is 0.423 e. The molecule has 0 spiro atoms. The van der Waals surface area contributed by atoms with Crippen molar-refractivity contribution in [2.45, 2.75) is 90.9 Å². The normalized spacial score (nSPS) is 11.8. The van der Waals surface area contributed by atoms with Crippen LogP contribution in [0.2, 0.25) is 0 Å². The number of benzene rings is 2. The molecule has 270 valence electrons. The number of hydrogen-bond acceptors (Lipinski definition) is 11. The van der Waals surface area contributed by atoms with Crippen LogP contribution >= 0.6 is 0 Å². The molecule has 0 bridgehead atoms. The fourth-order valence-corrected chi connectivity index (χ4v) is 5.03. The first kappa shape index (κ1) is 41.9. The summed E-state index contributed by atoms with van der Waals surface area (Å²) < 4.78 is 43.8. The number of hydrogen-bond donors (Lipinski definition) is 0. The first-order valence-electron chi connectivity index (χ1n) is 15.5. The quantitative estimate of drug-likeness (QED) is 0.0276. The predicted octanol–water partition coefficient (Wildman–Crippen LogP) is 8.25. The van der Waals surface area contributed by atoms with E-state index in [0.717, 1.165) is 19.3 Å². The van der Waals surface area contributed by atoms with Gasteiger partial charge in [-0.05, 0) is 32.3 Å². The van der Waals surface area contributed by atoms with Gasteiger partial charge in [-0.25, -0.2) is 4.79 Å². The minimum absolute atomic E-state index is 0.116. The Morgan fingerprint density at radius 2 is 1.39 bits per heavy atom. The minimum atomic E-state index is -4.91. The fourth-order valence-electron chi connectivity index (χ4n) is 5.03. The highest BCUT2D eigenvalue weighted by atomic mass is 19.4. The van der Waals surface area contributed by atoms with Crippen molar-refractivity contribution in [2.75, 3.05) is 18.0 Å². The zero-order chi connectivity index (χ0) is 37.3. The van der Waals surface area contributed by atoms with Crippen LogP contribution in [0.15, 0.2) is 48.6 Å². The minimum Gasteiger partial charge on any atom is -0.423 e. The number of alkyl halides is 3. The second-order valence-electron chi connectivity index (χ2n) is 10.8. The lowest BCUT2D eigenvalue weighted by Gasteiger charge is -2.23. The van der Waals surface area contributed by atoms with Crippen molar-refractivity contribution >= 4 is 23.0 Å². The van der Waals surface area contributed by atoms with E-state index in [2.05, 4.69) is 0 Å². The van der Waals surface area contributed by atoms with Crippen molar-refractivity contribution in [3.05, 3.63) is 100 Å². The lowest BCUT2D eigenvalue weighted by atomic mass is 9.89. The van der Waals surface area contributed by atoms with Crippen molar-refractivity contribution < 1.29 is 42.4 Å². The van der Waals surface area contributed by atoms with E-state index in [1.54, 1.807) is 39.0 Å². The highest BCUT2D eigenvalue weighted by molar-refractivity contribution is 5.84. The van der Waals surface area contributed by atoms with Crippen LogP contribution in [-0.2, 0) is 11.0 Å². The Balaban J connectivity index is 0.000000494. The molecule has 0 fully saturated rings. The van der Waals surface area contributed by atoms with Crippen LogP contribution in [0.3, 0.4) is 0 Å². The Kier molecular flexibility index (Phi) is 17.3. The number of para-hydroxylation sites is 1. The number of esters is 1. The first-order chi connectivity index (χ1) is 23.0. The number of nitro benzene ring substituents is 2. The van der Waals surface area contributed by atoms with Crippen LogP contribution in [0.5, 0.6) is 5.75 Å². The van der Waals surface area contributed by atoms with E-state index in [-0.39, 0.29) is 30.9 Å². The van der Waals surface area contributed by atoms with E-state index >= 15 is 0 Å². The monoisotopic (exact) mass is 699 g/mol. The molecule has 1 unspecified atom stereocenters. The Labute approximate surface area is 280 Å². The lowest BCUT2D eigenvalue weighted by Crippen LogP contribution is -2.35. The summed E-state index contributed by atoms with van der Waals surface area (Å²) in [6, 6.07) is 6.97. The lowest BCUT2D eigenvalue weighted by molar-refractivity contribution is -0.746. The molecule has 0 amide bonds. The molecule has 0 saturated heterocycles. The Morgan fingerprint density at radius 3 is 1.82 bits per heavy atom. The van der Waals surface area contributed by atoms with Crippen molar-refractivity contribution in [2.24, 2.45) is 0 Å². The summed E-state index contributed by atoms with van der Waals surface area (Å²) >= 11 is 0. The molecule has 0 aliphatic heterocycles. The first-order valence-corrected chi connectivity index (χ1v) is 15.5. The Hall–Kier alpha value is -5.16. The van der Waals surface area contributed by atoms with E-state index in [9.17, 15) is 58.4 Å². The van der Waals surface area contributed by atoms with Crippen molar-refractivity contribution in [3.8, 4) is 5.75 Å². The number of carbonyl (C=O) groups excluding carboxylic acids is 1. The summed E-state index contributed by atoms with van der Waals surface area (Å²) in [7, 11) is 0. The molecule has 0 aliphatic rings. The number of rotatable bonds is 18. The second-order valence-corrected chi connectivity index (χ2v) is 10.8. The second kappa shape index (κ2) is 20.3. The summed E-state index contributed by atoms with van der Waals surface area (Å²) in [6.07, 6.45) is 0.545. The molecule has 0 radical (unpaired) electrons. The van der Waals surface area contributed by atoms with Crippen molar-refractivity contribution in [3.63, 3.8) is 0 Å². The van der Waals surface area contributed by atoms with Gasteiger partial charge in [0, 0.05) is 36.9 Å². The van der Waals surface area contributed by atoms with Gasteiger partial charge in [0.1, 0.15) is 11.7 Å². The third-order valence-corrected chi connectivity index (χ3v) is 7.09. The van der Waals surface area contributed by atoms with Crippen LogP contribution in [0.1, 0.15) is 89.7 Å². The van der Waals surface area contributed by atoms with Gasteiger partial charge in [0.15, 0.2) is 5.69 Å². The summed E-state index contributed by atoms with van der Waals surface area (Å²) in [5, 5.41) is 45.0. The maximum atomic E-state index is 12.8. The third kappa shape index (κ3) is 12.8. The van der Waals surface area contributed by atoms with E-state index in [4.69, 9.17) is 4.74 Å². The van der Waals surface area contributed by atoms with Crippen LogP contribution in [-0.4, -0.2) is 44.9 Å². The van der Waals surface area contributed by atoms with Gasteiger partial charge in [-0.3, -0.25) is 40.5 Å². The molecule has 0 saturated carbocycles. The van der Waals surface area contributed by atoms with Gasteiger partial charge in [0.25, 0.3) is 11.4 Å². The van der Waals surface area contributed by atoms with E-state index in [0.29, 0.717) is 37.0 Å². The topological polar surface area (TPSA) is 202 Å². The molecule has 2 aromatic rings. The summed E-state index contributed by atoms with van der Waals surface area (Å²) in [5.74, 6) is -1.50. The van der Waals surface area contributed by atoms with Gasteiger partial charge in [0.2, 0.25) is 0 Å². The van der Waals surface area contributed by atoms with Gasteiger partial charge in [-0.1, -0.05) is 70.7 Å². The largest absolute Gasteiger partial charge is 0.457 e. The van der Waals surface area contributed by atoms with Crippen LogP contribution in [0.4, 0.5) is 30.2 Å². The van der Waals surface area contributed by atoms with Gasteiger partial charge in [0.05, 0.1) is 25.3 Å². The molecule has 18 heteroatoms. The van der Waals surface area contributed by atoms with Gasteiger partial charge in [-0.2, -0.15) is 13.2 Å². The summed E-state index contributed by atoms with van der Waals surface area (Å²) in [5.41, 5.74) is -3.30. The number of nitro groups is 4. The Bertz CT molecular complexity index is 1430. The summed E-state index contributed by atoms with van der Waals surface area (Å²) in [4.78, 5) is 54.3. The number of ether oxygens (including phenoxy) is 1. The van der Waals surface area contributed by atoms with Crippen LogP contribution < -0.4 is 9.64 Å². The molecule has 2 rings (SSSR count). The highest BCUT2D eigenvalue weighted by Gasteiger charge is 2.44. The molecule has 49 heavy (non-hydrogen) atoms. The molecule has 2 aromatic carbocycles. The SMILES string of the molecule is C/C=C/C(=O)Oc1ccccc1C(CCCCCC)C([N+](=O)[O-])[N+](=O)[O-].CCCN(CCC)c1c([N+](=O)[O-])cc(C(F)(F)F)cc1[N+](=O)[O-]. The predicted molar refractivity (Wildman–Crippen MR) is 174 cm³/mol. The third-order valence-electron chi connectivity index (χ3n) is 7.09. The number of nitrogens with zero attached hydrogens (tertiary/aromatic N) is 5. The van der Waals surface area contributed by atoms with Crippen LogP contribution in [0.25, 0.3) is 0 Å². The van der Waals surface area contributed by atoms with Crippen LogP contribution in [0, 0.1) is 40.5 Å². The van der Waals surface area contributed by atoms with Gasteiger partial charge in [-0.15, -0.1) is 0 Å². The molecular weight excluding hydrogens is 659 g/mol. The number of unbranched alkanes of at least 4 members (excludes halogenated alkanes) is 3. The molecular formula is C31H40F3N5O10. The van der Waals surface area contributed by atoms with Crippen molar-refractivity contribution in [1.29, 1.82) is 0 Å². The van der Waals surface area contributed by atoms with E-state index in [1.807, 2.05) is 6.92 Å². The maximum Gasteiger partial charge on any atom is 0.457 e. The van der Waals surface area contributed by atoms with E-state index in [1.165, 1.54) is 23.1 Å². The van der Waals surface area contributed by atoms with Crippen molar-refractivity contribution in [1.82, 2.24) is 0 Å². The molecule has 0 heterocycles. The zero-order valence-electron chi connectivity index (χ0n) is 27.6. The number of halogens is 3. The molecule has 1 atom stereocenters. The van der Waals surface area contributed by atoms with Gasteiger partial charge < -0.3 is 9.64 Å². The Morgan fingerprint density at radius 1 is 0.857 bits per heavy atom.